The van der Waals surface area contributed by atoms with Crippen molar-refractivity contribution >= 4 is 11.4 Å². The first-order valence-corrected chi connectivity index (χ1v) is 7.77. The van der Waals surface area contributed by atoms with Crippen LogP contribution in [0.4, 0.5) is 11.4 Å². The summed E-state index contributed by atoms with van der Waals surface area (Å²) in [4.78, 5) is 7.48. The number of benzene rings is 1. The molecule has 0 aliphatic carbocycles. The number of aryl methyl sites for hydroxylation is 1. The third-order valence-corrected chi connectivity index (χ3v) is 4.62. The predicted octanol–water partition coefficient (Wildman–Crippen LogP) is 1.27. The molecule has 1 aromatic carbocycles. The van der Waals surface area contributed by atoms with Gasteiger partial charge in [-0.05, 0) is 31.5 Å². The lowest BCUT2D eigenvalue weighted by atomic mass is 10.0. The molecule has 1 fully saturated rings. The molecular formula is C16H26N4. The summed E-state index contributed by atoms with van der Waals surface area (Å²) in [5.41, 5.74) is 9.87. The Morgan fingerprint density at radius 2 is 1.85 bits per heavy atom. The van der Waals surface area contributed by atoms with Crippen LogP contribution in [0.15, 0.2) is 18.2 Å². The molecule has 3 rings (SSSR count). The summed E-state index contributed by atoms with van der Waals surface area (Å²) in [6.07, 6.45) is 2.42. The van der Waals surface area contributed by atoms with Crippen molar-refractivity contribution in [1.82, 2.24) is 9.80 Å². The highest BCUT2D eigenvalue weighted by molar-refractivity contribution is 5.72. The normalized spacial score (nSPS) is 20.9. The summed E-state index contributed by atoms with van der Waals surface area (Å²) in [6.45, 7) is 8.18. The van der Waals surface area contributed by atoms with Gasteiger partial charge in [-0.15, -0.1) is 0 Å². The Balaban J connectivity index is 1.62. The molecule has 0 atom stereocenters. The molecule has 0 saturated carbocycles. The third-order valence-electron chi connectivity index (χ3n) is 4.62. The summed E-state index contributed by atoms with van der Waals surface area (Å²) in [6, 6.07) is 6.35. The molecule has 1 aromatic rings. The molecule has 0 aromatic heterocycles. The zero-order valence-corrected chi connectivity index (χ0v) is 12.5. The zero-order valence-electron chi connectivity index (χ0n) is 12.5. The Labute approximate surface area is 122 Å². The van der Waals surface area contributed by atoms with Crippen LogP contribution in [-0.4, -0.2) is 62.7 Å². The first-order valence-electron chi connectivity index (χ1n) is 7.77. The summed E-state index contributed by atoms with van der Waals surface area (Å²) in [5, 5.41) is 0. The maximum absolute atomic E-state index is 6.20. The largest absolute Gasteiger partial charge is 0.397 e. The fourth-order valence-electron chi connectivity index (χ4n) is 3.33. The van der Waals surface area contributed by atoms with E-state index in [0.29, 0.717) is 0 Å². The van der Waals surface area contributed by atoms with Crippen LogP contribution >= 0.6 is 0 Å². The van der Waals surface area contributed by atoms with Gasteiger partial charge in [0, 0.05) is 45.8 Å². The Kier molecular flexibility index (Phi) is 4.13. The van der Waals surface area contributed by atoms with Gasteiger partial charge < -0.3 is 15.5 Å². The van der Waals surface area contributed by atoms with Crippen LogP contribution < -0.4 is 10.6 Å². The highest BCUT2D eigenvalue weighted by Gasteiger charge is 2.20. The number of nitrogen functional groups attached to an aromatic ring is 1. The molecule has 0 radical (unpaired) electrons. The van der Waals surface area contributed by atoms with E-state index in [1.54, 1.807) is 0 Å². The Morgan fingerprint density at radius 1 is 1.05 bits per heavy atom. The number of nitrogens with zero attached hydrogens (tertiary/aromatic N) is 3. The Bertz CT molecular complexity index is 452. The first kappa shape index (κ1) is 13.7. The van der Waals surface area contributed by atoms with E-state index in [4.69, 9.17) is 5.73 Å². The lowest BCUT2D eigenvalue weighted by Gasteiger charge is -2.36. The molecule has 2 N–H and O–H groups in total. The van der Waals surface area contributed by atoms with E-state index in [0.717, 1.165) is 25.3 Å². The van der Waals surface area contributed by atoms with Crippen LogP contribution in [0.1, 0.15) is 12.0 Å². The summed E-state index contributed by atoms with van der Waals surface area (Å²) in [7, 11) is 2.21. The smallest absolute Gasteiger partial charge is 0.0632 e. The zero-order chi connectivity index (χ0) is 13.9. The lowest BCUT2D eigenvalue weighted by Crippen LogP contribution is -2.47. The minimum absolute atomic E-state index is 0.945. The van der Waals surface area contributed by atoms with Gasteiger partial charge in [0.2, 0.25) is 0 Å². The monoisotopic (exact) mass is 274 g/mol. The fourth-order valence-corrected chi connectivity index (χ4v) is 3.33. The number of rotatable bonds is 3. The molecule has 2 aliphatic heterocycles. The van der Waals surface area contributed by atoms with Crippen LogP contribution in [0.25, 0.3) is 0 Å². The van der Waals surface area contributed by atoms with Crippen molar-refractivity contribution in [3.8, 4) is 0 Å². The predicted molar refractivity (Wildman–Crippen MR) is 85.3 cm³/mol. The SMILES string of the molecule is CN1CCN(CCN2CCCc3cccc(N)c32)CC1. The molecule has 20 heavy (non-hydrogen) atoms. The number of piperazine rings is 1. The van der Waals surface area contributed by atoms with Gasteiger partial charge in [0.15, 0.2) is 0 Å². The minimum atomic E-state index is 0.945. The highest BCUT2D eigenvalue weighted by atomic mass is 15.3. The van der Waals surface area contributed by atoms with Crippen LogP contribution in [0.2, 0.25) is 0 Å². The Hall–Kier alpha value is -1.26. The van der Waals surface area contributed by atoms with Gasteiger partial charge in [0.05, 0.1) is 11.4 Å². The molecule has 0 bridgehead atoms. The second kappa shape index (κ2) is 6.02. The molecule has 0 amide bonds. The number of hydrogen-bond acceptors (Lipinski definition) is 4. The van der Waals surface area contributed by atoms with Crippen LogP contribution in [0, 0.1) is 0 Å². The van der Waals surface area contributed by atoms with E-state index >= 15 is 0 Å². The van der Waals surface area contributed by atoms with E-state index in [2.05, 4.69) is 33.9 Å². The van der Waals surface area contributed by atoms with Gasteiger partial charge >= 0.3 is 0 Å². The van der Waals surface area contributed by atoms with Crippen molar-refractivity contribution in [3.05, 3.63) is 23.8 Å². The van der Waals surface area contributed by atoms with Gasteiger partial charge in [-0.25, -0.2) is 0 Å². The van der Waals surface area contributed by atoms with Crippen molar-refractivity contribution in [1.29, 1.82) is 0 Å². The van der Waals surface area contributed by atoms with Crippen LogP contribution in [-0.2, 0) is 6.42 Å². The molecule has 0 spiro atoms. The second-order valence-electron chi connectivity index (χ2n) is 6.09. The number of para-hydroxylation sites is 1. The van der Waals surface area contributed by atoms with E-state index in [9.17, 15) is 0 Å². The molecular weight excluding hydrogens is 248 g/mol. The standard InChI is InChI=1S/C16H26N4/c1-18-8-10-19(11-9-18)12-13-20-7-3-5-14-4-2-6-15(17)16(14)20/h2,4,6H,3,5,7-13,17H2,1H3. The number of anilines is 2. The topological polar surface area (TPSA) is 35.7 Å². The quantitative estimate of drug-likeness (QED) is 0.842. The van der Waals surface area contributed by atoms with Crippen molar-refractivity contribution in [2.45, 2.75) is 12.8 Å². The highest BCUT2D eigenvalue weighted by Crippen LogP contribution is 2.32. The maximum atomic E-state index is 6.20. The molecule has 4 nitrogen and oxygen atoms in total. The molecule has 2 aliphatic rings. The third kappa shape index (κ3) is 2.91. The van der Waals surface area contributed by atoms with Crippen molar-refractivity contribution in [2.24, 2.45) is 0 Å². The molecule has 110 valence electrons. The number of nitrogens with two attached hydrogens (primary N) is 1. The summed E-state index contributed by atoms with van der Waals surface area (Å²) in [5.74, 6) is 0. The second-order valence-corrected chi connectivity index (χ2v) is 6.09. The van der Waals surface area contributed by atoms with E-state index < -0.39 is 0 Å². The van der Waals surface area contributed by atoms with Crippen LogP contribution in [0.3, 0.4) is 0 Å². The van der Waals surface area contributed by atoms with Crippen molar-refractivity contribution in [2.75, 3.05) is 63.5 Å². The van der Waals surface area contributed by atoms with Crippen LogP contribution in [0.5, 0.6) is 0 Å². The van der Waals surface area contributed by atoms with Gasteiger partial charge in [0.1, 0.15) is 0 Å². The molecule has 4 heteroatoms. The number of likely N-dealkylation sites (N-methyl/N-ethyl adjacent to an activating group) is 1. The average molecular weight is 274 g/mol. The van der Waals surface area contributed by atoms with Gasteiger partial charge in [0.25, 0.3) is 0 Å². The number of fused-ring (bicyclic) bond motifs is 1. The van der Waals surface area contributed by atoms with E-state index in [1.165, 1.54) is 50.3 Å². The summed E-state index contributed by atoms with van der Waals surface area (Å²) >= 11 is 0. The van der Waals surface area contributed by atoms with Crippen molar-refractivity contribution < 1.29 is 0 Å². The average Bonchev–Trinajstić information content (AvgIpc) is 2.47. The first-order chi connectivity index (χ1) is 9.74. The van der Waals surface area contributed by atoms with Gasteiger partial charge in [-0.3, -0.25) is 4.90 Å². The van der Waals surface area contributed by atoms with Crippen molar-refractivity contribution in [3.63, 3.8) is 0 Å². The Morgan fingerprint density at radius 3 is 2.65 bits per heavy atom. The minimum Gasteiger partial charge on any atom is -0.397 e. The molecule has 2 heterocycles. The van der Waals surface area contributed by atoms with E-state index in [-0.39, 0.29) is 0 Å². The number of hydrogen-bond donors (Lipinski definition) is 1. The molecule has 0 unspecified atom stereocenters. The molecule has 1 saturated heterocycles. The maximum Gasteiger partial charge on any atom is 0.0632 e. The van der Waals surface area contributed by atoms with Gasteiger partial charge in [-0.1, -0.05) is 12.1 Å². The fraction of sp³-hybridized carbons (Fsp3) is 0.625. The summed E-state index contributed by atoms with van der Waals surface area (Å²) < 4.78 is 0. The lowest BCUT2D eigenvalue weighted by molar-refractivity contribution is 0.156. The van der Waals surface area contributed by atoms with E-state index in [1.807, 2.05) is 6.07 Å². The van der Waals surface area contributed by atoms with Gasteiger partial charge in [-0.2, -0.15) is 0 Å².